The summed E-state index contributed by atoms with van der Waals surface area (Å²) in [6.45, 7) is 0.730. The van der Waals surface area contributed by atoms with Gasteiger partial charge >= 0.3 is 11.9 Å². The average Bonchev–Trinajstić information content (AvgIpc) is 3.46. The molecule has 37 heavy (non-hydrogen) atoms. The second-order valence-electron chi connectivity index (χ2n) is 7.92. The highest BCUT2D eigenvalue weighted by atomic mass is 16.5. The molecule has 1 unspecified atom stereocenters. The van der Waals surface area contributed by atoms with Crippen molar-refractivity contribution in [1.82, 2.24) is 9.78 Å². The van der Waals surface area contributed by atoms with E-state index in [9.17, 15) is 14.9 Å². The molecule has 1 aromatic heterocycles. The van der Waals surface area contributed by atoms with Crippen molar-refractivity contribution in [3.05, 3.63) is 101 Å². The molecule has 0 saturated carbocycles. The molecule has 0 saturated heterocycles. The van der Waals surface area contributed by atoms with Gasteiger partial charge in [0.1, 0.15) is 23.9 Å². The Morgan fingerprint density at radius 3 is 2.38 bits per heavy atom. The summed E-state index contributed by atoms with van der Waals surface area (Å²) in [5.74, 6) is -2.23. The summed E-state index contributed by atoms with van der Waals surface area (Å²) in [5.41, 5.74) is 7.35. The number of ether oxygens (including phenoxy) is 3. The Kier molecular flexibility index (Phi) is 7.54. The molecule has 4 rings (SSSR count). The monoisotopic (exact) mass is 499 g/mol. The van der Waals surface area contributed by atoms with Crippen LogP contribution in [0.4, 0.5) is 5.69 Å². The topological polar surface area (TPSA) is 133 Å². The minimum atomic E-state index is -0.947. The zero-order valence-electron chi connectivity index (χ0n) is 20.3. The Morgan fingerprint density at radius 2 is 1.73 bits per heavy atom. The standard InChI is InChI=1S/C27H25N5O5/c1-35-26(33)23-22(18-9-4-3-5-10-18)19(17-28)25(29)32(24(23)27(34)36-2)20-11-6-7-12-21(20)37-16-15-31-14-8-13-30-31/h3-14,22H,15-16,29H2,1-2H3. The Morgan fingerprint density at radius 1 is 1.03 bits per heavy atom. The van der Waals surface area contributed by atoms with Crippen LogP contribution >= 0.6 is 0 Å². The number of esters is 2. The number of nitrogens with two attached hydrogens (primary N) is 1. The number of benzene rings is 2. The molecule has 10 heteroatoms. The highest BCUT2D eigenvalue weighted by molar-refractivity contribution is 6.06. The summed E-state index contributed by atoms with van der Waals surface area (Å²) < 4.78 is 17.9. The van der Waals surface area contributed by atoms with Crippen molar-refractivity contribution in [3.8, 4) is 11.8 Å². The molecule has 3 aromatic rings. The van der Waals surface area contributed by atoms with Crippen LogP contribution in [-0.4, -0.2) is 42.5 Å². The number of nitriles is 1. The third kappa shape index (κ3) is 4.88. The fourth-order valence-electron chi connectivity index (χ4n) is 4.21. The van der Waals surface area contributed by atoms with E-state index >= 15 is 0 Å². The summed E-state index contributed by atoms with van der Waals surface area (Å²) in [5, 5.41) is 14.3. The van der Waals surface area contributed by atoms with Crippen LogP contribution in [0.15, 0.2) is 95.7 Å². The number of para-hydroxylation sites is 2. The van der Waals surface area contributed by atoms with Crippen molar-refractivity contribution >= 4 is 17.6 Å². The van der Waals surface area contributed by atoms with Crippen LogP contribution in [0.3, 0.4) is 0 Å². The maximum Gasteiger partial charge on any atom is 0.355 e. The highest BCUT2D eigenvalue weighted by Gasteiger charge is 2.43. The van der Waals surface area contributed by atoms with Crippen molar-refractivity contribution in [3.63, 3.8) is 0 Å². The largest absolute Gasteiger partial charge is 0.489 e. The quantitative estimate of drug-likeness (QED) is 0.465. The van der Waals surface area contributed by atoms with E-state index in [1.807, 2.05) is 12.3 Å². The van der Waals surface area contributed by atoms with Gasteiger partial charge in [0.15, 0.2) is 0 Å². The van der Waals surface area contributed by atoms with Crippen LogP contribution in [0.5, 0.6) is 5.75 Å². The molecule has 0 aliphatic carbocycles. The van der Waals surface area contributed by atoms with E-state index in [1.165, 1.54) is 19.1 Å². The van der Waals surface area contributed by atoms with Crippen molar-refractivity contribution < 1.29 is 23.8 Å². The summed E-state index contributed by atoms with van der Waals surface area (Å²) in [6.07, 6.45) is 3.48. The van der Waals surface area contributed by atoms with Crippen molar-refractivity contribution in [2.24, 2.45) is 5.73 Å². The average molecular weight is 500 g/mol. The molecular formula is C27H25N5O5. The number of carbonyl (C=O) groups excluding carboxylic acids is 2. The number of allylic oxidation sites excluding steroid dienone is 1. The molecule has 0 amide bonds. The fourth-order valence-corrected chi connectivity index (χ4v) is 4.21. The van der Waals surface area contributed by atoms with Crippen LogP contribution in [0.1, 0.15) is 11.5 Å². The number of hydrogen-bond acceptors (Lipinski definition) is 9. The first kappa shape index (κ1) is 25.1. The van der Waals surface area contributed by atoms with E-state index < -0.39 is 17.9 Å². The lowest BCUT2D eigenvalue weighted by atomic mass is 9.81. The molecule has 10 nitrogen and oxygen atoms in total. The molecule has 0 bridgehead atoms. The van der Waals surface area contributed by atoms with Gasteiger partial charge in [0.25, 0.3) is 0 Å². The first-order valence-electron chi connectivity index (χ1n) is 11.4. The Bertz CT molecular complexity index is 1390. The molecule has 2 aromatic carbocycles. The lowest BCUT2D eigenvalue weighted by Crippen LogP contribution is -2.41. The highest BCUT2D eigenvalue weighted by Crippen LogP contribution is 2.45. The Balaban J connectivity index is 1.89. The second-order valence-corrected chi connectivity index (χ2v) is 7.92. The van der Waals surface area contributed by atoms with Crippen LogP contribution in [-0.2, 0) is 25.6 Å². The third-order valence-corrected chi connectivity index (χ3v) is 5.85. The zero-order valence-corrected chi connectivity index (χ0v) is 20.3. The van der Waals surface area contributed by atoms with E-state index in [0.717, 1.165) is 0 Å². The van der Waals surface area contributed by atoms with Gasteiger partial charge in [0.05, 0.1) is 49.6 Å². The molecule has 1 atom stereocenters. The SMILES string of the molecule is COC(=O)C1=C(C(=O)OC)N(c2ccccc2OCCn2cccn2)C(N)=C(C#N)C1c1ccccc1. The van der Waals surface area contributed by atoms with Gasteiger partial charge in [-0.15, -0.1) is 0 Å². The Labute approximate surface area is 213 Å². The minimum absolute atomic E-state index is 0.0347. The number of nitrogens with zero attached hydrogens (tertiary/aromatic N) is 4. The van der Waals surface area contributed by atoms with E-state index in [2.05, 4.69) is 11.2 Å². The summed E-state index contributed by atoms with van der Waals surface area (Å²) >= 11 is 0. The lowest BCUT2D eigenvalue weighted by molar-refractivity contribution is -0.139. The maximum atomic E-state index is 13.2. The molecule has 2 heterocycles. The number of methoxy groups -OCH3 is 2. The number of hydrogen-bond donors (Lipinski definition) is 1. The van der Waals surface area contributed by atoms with Gasteiger partial charge in [-0.25, -0.2) is 9.59 Å². The molecule has 0 spiro atoms. The van der Waals surface area contributed by atoms with Gasteiger partial charge in [0, 0.05) is 12.4 Å². The number of carbonyl (C=O) groups is 2. The summed E-state index contributed by atoms with van der Waals surface area (Å²) in [6, 6.07) is 19.6. The lowest BCUT2D eigenvalue weighted by Gasteiger charge is -2.36. The normalized spacial score (nSPS) is 15.3. The van der Waals surface area contributed by atoms with E-state index in [-0.39, 0.29) is 29.3 Å². The van der Waals surface area contributed by atoms with Crippen LogP contribution in [0, 0.1) is 11.3 Å². The van der Waals surface area contributed by atoms with E-state index in [4.69, 9.17) is 19.9 Å². The van der Waals surface area contributed by atoms with E-state index in [1.54, 1.807) is 65.5 Å². The number of rotatable bonds is 8. The summed E-state index contributed by atoms with van der Waals surface area (Å²) in [7, 11) is 2.41. The molecule has 1 aliphatic heterocycles. The van der Waals surface area contributed by atoms with Gasteiger partial charge in [-0.05, 0) is 23.8 Å². The van der Waals surface area contributed by atoms with Gasteiger partial charge in [-0.3, -0.25) is 9.58 Å². The molecule has 0 fully saturated rings. The number of aromatic nitrogens is 2. The third-order valence-electron chi connectivity index (χ3n) is 5.85. The zero-order chi connectivity index (χ0) is 26.4. The number of anilines is 1. The molecule has 188 valence electrons. The predicted octanol–water partition coefficient (Wildman–Crippen LogP) is 2.86. The summed E-state index contributed by atoms with van der Waals surface area (Å²) in [4.78, 5) is 27.7. The van der Waals surface area contributed by atoms with Gasteiger partial charge in [-0.2, -0.15) is 10.4 Å². The van der Waals surface area contributed by atoms with Crippen LogP contribution in [0.25, 0.3) is 0 Å². The first-order chi connectivity index (χ1) is 18.0. The first-order valence-corrected chi connectivity index (χ1v) is 11.4. The van der Waals surface area contributed by atoms with Gasteiger partial charge < -0.3 is 19.9 Å². The smallest absolute Gasteiger partial charge is 0.355 e. The van der Waals surface area contributed by atoms with Crippen LogP contribution in [0.2, 0.25) is 0 Å². The predicted molar refractivity (Wildman–Crippen MR) is 134 cm³/mol. The molecular weight excluding hydrogens is 474 g/mol. The van der Waals surface area contributed by atoms with Gasteiger partial charge in [-0.1, -0.05) is 42.5 Å². The molecule has 1 aliphatic rings. The van der Waals surface area contributed by atoms with Crippen LogP contribution < -0.4 is 15.4 Å². The fraction of sp³-hybridized carbons (Fsp3) is 0.185. The maximum absolute atomic E-state index is 13.2. The minimum Gasteiger partial charge on any atom is -0.489 e. The molecule has 2 N–H and O–H groups in total. The van der Waals surface area contributed by atoms with Crippen molar-refractivity contribution in [2.45, 2.75) is 12.5 Å². The van der Waals surface area contributed by atoms with Crippen molar-refractivity contribution in [1.29, 1.82) is 5.26 Å². The Hall–Kier alpha value is -5.04. The van der Waals surface area contributed by atoms with Crippen molar-refractivity contribution in [2.75, 3.05) is 25.7 Å². The molecule has 0 radical (unpaired) electrons. The second kappa shape index (κ2) is 11.1. The van der Waals surface area contributed by atoms with E-state index in [0.29, 0.717) is 23.5 Å². The van der Waals surface area contributed by atoms with Gasteiger partial charge in [0.2, 0.25) is 0 Å².